The van der Waals surface area contributed by atoms with Crippen LogP contribution in [0.15, 0.2) is 18.2 Å². The van der Waals surface area contributed by atoms with Crippen molar-refractivity contribution < 1.29 is 47.6 Å². The van der Waals surface area contributed by atoms with E-state index in [9.17, 15) is 5.11 Å². The van der Waals surface area contributed by atoms with Crippen LogP contribution in [0.1, 0.15) is 0 Å². The molecule has 0 saturated carbocycles. The summed E-state index contributed by atoms with van der Waals surface area (Å²) in [5, 5.41) is 10.7. The molecule has 1 aromatic carbocycles. The predicted octanol–water partition coefficient (Wildman–Crippen LogP) is -5.42. The first-order valence-electron chi connectivity index (χ1n) is 2.56. The molecule has 0 radical (unpaired) electrons. The Morgan fingerprint density at radius 1 is 1.45 bits per heavy atom. The van der Waals surface area contributed by atoms with E-state index in [2.05, 4.69) is 6.07 Å². The van der Waals surface area contributed by atoms with Crippen LogP contribution in [0.2, 0.25) is 0 Å². The Morgan fingerprint density at radius 2 is 2.09 bits per heavy atom. The second kappa shape index (κ2) is 6.71. The van der Waals surface area contributed by atoms with Gasteiger partial charge in [-0.25, -0.2) is 0 Å². The van der Waals surface area contributed by atoms with Crippen molar-refractivity contribution in [1.82, 2.24) is 0 Å². The van der Waals surface area contributed by atoms with E-state index in [0.29, 0.717) is 5.75 Å². The Kier molecular flexibility index (Phi) is 8.29. The van der Waals surface area contributed by atoms with Crippen molar-refractivity contribution in [2.45, 2.75) is 0 Å². The zero-order valence-corrected chi connectivity index (χ0v) is 7.05. The summed E-state index contributed by atoms with van der Waals surface area (Å²) in [6.45, 7) is 0. The minimum Gasteiger partial charge on any atom is -0.889 e. The van der Waals surface area contributed by atoms with Crippen LogP contribution in [0.5, 0.6) is 11.5 Å². The summed E-state index contributed by atoms with van der Waals surface area (Å²) >= 11 is 0. The Morgan fingerprint density at radius 3 is 2.45 bits per heavy atom. The molecule has 11 heavy (non-hydrogen) atoms. The Hall–Kier alpha value is 0.0148. The monoisotopic (exact) mass is 136 g/mol. The maximum absolute atomic E-state index is 10.7. The number of hydrogen-bond donors (Lipinski definition) is 0. The summed E-state index contributed by atoms with van der Waals surface area (Å²) in [6, 6.07) is 7.35. The van der Waals surface area contributed by atoms with E-state index < -0.39 is 0 Å². The topological polar surface area (TPSA) is 32.3 Å². The molecule has 1 rings (SSSR count). The quantitative estimate of drug-likeness (QED) is 0.285. The molecule has 0 amide bonds. The summed E-state index contributed by atoms with van der Waals surface area (Å²) in [6.07, 6.45) is 0. The van der Waals surface area contributed by atoms with Crippen molar-refractivity contribution in [3.63, 3.8) is 0 Å². The maximum atomic E-state index is 10.7. The molecular formula is C7H6Li2O2. The van der Waals surface area contributed by atoms with E-state index in [1.165, 1.54) is 7.11 Å². The molecule has 0 aliphatic rings. The molecule has 0 heterocycles. The summed E-state index contributed by atoms with van der Waals surface area (Å²) in [4.78, 5) is 0. The van der Waals surface area contributed by atoms with Gasteiger partial charge >= 0.3 is 37.7 Å². The van der Waals surface area contributed by atoms with Crippen molar-refractivity contribution in [2.24, 2.45) is 0 Å². The van der Waals surface area contributed by atoms with Gasteiger partial charge in [0.1, 0.15) is 0 Å². The summed E-state index contributed by atoms with van der Waals surface area (Å²) in [7, 11) is 1.46. The van der Waals surface area contributed by atoms with Crippen molar-refractivity contribution >= 4 is 0 Å². The van der Waals surface area contributed by atoms with Gasteiger partial charge in [0.2, 0.25) is 0 Å². The molecule has 0 unspecified atom stereocenters. The number of para-hydroxylation sites is 1. The minimum absolute atomic E-state index is 0. The predicted molar refractivity (Wildman–Crippen MR) is 31.3 cm³/mol. The minimum atomic E-state index is -0.194. The van der Waals surface area contributed by atoms with Gasteiger partial charge in [0, 0.05) is 0 Å². The molecule has 0 fully saturated rings. The maximum Gasteiger partial charge on any atom is 1.00 e. The van der Waals surface area contributed by atoms with Crippen LogP contribution < -0.4 is 47.6 Å². The van der Waals surface area contributed by atoms with E-state index in [1.54, 1.807) is 18.2 Å². The van der Waals surface area contributed by atoms with Gasteiger partial charge in [-0.05, 0) is 5.75 Å². The molecule has 0 aromatic heterocycles. The first kappa shape index (κ1) is 13.6. The SMILES string of the molecule is COc1ccc[c-]c1[O-].[Li+].[Li+]. The van der Waals surface area contributed by atoms with Gasteiger partial charge in [-0.2, -0.15) is 23.9 Å². The van der Waals surface area contributed by atoms with Crippen LogP contribution in [0.3, 0.4) is 0 Å². The zero-order valence-electron chi connectivity index (χ0n) is 7.05. The summed E-state index contributed by atoms with van der Waals surface area (Å²) in [5.74, 6) is 0.150. The molecule has 0 N–H and O–H groups in total. The first-order chi connectivity index (χ1) is 4.34. The molecule has 4 heteroatoms. The van der Waals surface area contributed by atoms with Gasteiger partial charge in [0.25, 0.3) is 0 Å². The average molecular weight is 136 g/mol. The Bertz CT molecular complexity index is 203. The van der Waals surface area contributed by atoms with E-state index in [1.807, 2.05) is 0 Å². The molecular weight excluding hydrogens is 130 g/mol. The number of rotatable bonds is 1. The largest absolute Gasteiger partial charge is 1.00 e. The van der Waals surface area contributed by atoms with E-state index in [4.69, 9.17) is 4.74 Å². The van der Waals surface area contributed by atoms with E-state index in [0.717, 1.165) is 0 Å². The summed E-state index contributed by atoms with van der Waals surface area (Å²) in [5.41, 5.74) is 0. The van der Waals surface area contributed by atoms with Crippen molar-refractivity contribution in [3.05, 3.63) is 24.3 Å². The normalized spacial score (nSPS) is 7.36. The number of methoxy groups -OCH3 is 1. The van der Waals surface area contributed by atoms with E-state index >= 15 is 0 Å². The van der Waals surface area contributed by atoms with Gasteiger partial charge in [-0.3, -0.25) is 0 Å². The fourth-order valence-electron chi connectivity index (χ4n) is 0.567. The van der Waals surface area contributed by atoms with Gasteiger partial charge < -0.3 is 9.84 Å². The van der Waals surface area contributed by atoms with Crippen LogP contribution in [0.25, 0.3) is 0 Å². The van der Waals surface area contributed by atoms with Crippen molar-refractivity contribution in [2.75, 3.05) is 7.11 Å². The standard InChI is InChI=1S/C7H7O2.2Li/c1-9-7-5-3-2-4-6(7)8;;/h2-3,5,8H,1H3;;/q-1;2*+1/p-1. The zero-order chi connectivity index (χ0) is 6.69. The smallest absolute Gasteiger partial charge is 0.889 e. The molecule has 2 nitrogen and oxygen atoms in total. The molecule has 0 bridgehead atoms. The second-order valence-electron chi connectivity index (χ2n) is 1.57. The molecule has 0 spiro atoms. The number of hydrogen-bond acceptors (Lipinski definition) is 2. The third-order valence-corrected chi connectivity index (χ3v) is 1.00. The second-order valence-corrected chi connectivity index (χ2v) is 1.57. The first-order valence-corrected chi connectivity index (χ1v) is 2.56. The fourth-order valence-corrected chi connectivity index (χ4v) is 0.567. The van der Waals surface area contributed by atoms with Crippen LogP contribution in [0.4, 0.5) is 0 Å². The summed E-state index contributed by atoms with van der Waals surface area (Å²) < 4.78 is 4.70. The van der Waals surface area contributed by atoms with E-state index in [-0.39, 0.29) is 43.5 Å². The van der Waals surface area contributed by atoms with Gasteiger partial charge in [-0.1, -0.05) is 0 Å². The molecule has 0 aliphatic carbocycles. The van der Waals surface area contributed by atoms with Crippen LogP contribution in [-0.4, -0.2) is 7.11 Å². The molecule has 48 valence electrons. The number of benzene rings is 1. The number of ether oxygens (including phenoxy) is 1. The molecule has 0 saturated heterocycles. The fraction of sp³-hybridized carbons (Fsp3) is 0.143. The van der Waals surface area contributed by atoms with Crippen LogP contribution >= 0.6 is 0 Å². The van der Waals surface area contributed by atoms with Crippen molar-refractivity contribution in [3.8, 4) is 11.5 Å². The third kappa shape index (κ3) is 3.80. The third-order valence-electron chi connectivity index (χ3n) is 1.00. The Balaban J connectivity index is 0. The molecule has 1 aromatic rings. The Labute approximate surface area is 90.3 Å². The van der Waals surface area contributed by atoms with Gasteiger partial charge in [0.05, 0.1) is 7.11 Å². The van der Waals surface area contributed by atoms with Crippen molar-refractivity contribution in [1.29, 1.82) is 0 Å². The average Bonchev–Trinajstić information content (AvgIpc) is 1.89. The molecule has 0 aliphatic heterocycles. The van der Waals surface area contributed by atoms with Gasteiger partial charge in [0.15, 0.2) is 0 Å². The van der Waals surface area contributed by atoms with Gasteiger partial charge in [-0.15, -0.1) is 6.07 Å². The molecule has 0 atom stereocenters. The van der Waals surface area contributed by atoms with Crippen LogP contribution in [-0.2, 0) is 0 Å². The van der Waals surface area contributed by atoms with Crippen LogP contribution in [0, 0.1) is 6.07 Å².